The van der Waals surface area contributed by atoms with E-state index in [9.17, 15) is 4.79 Å². The Hall–Kier alpha value is -1.55. The first kappa shape index (κ1) is 12.5. The van der Waals surface area contributed by atoms with Gasteiger partial charge in [-0.1, -0.05) is 0 Å². The van der Waals surface area contributed by atoms with Gasteiger partial charge in [-0.2, -0.15) is 0 Å². The molecule has 0 atom stereocenters. The summed E-state index contributed by atoms with van der Waals surface area (Å²) in [5.41, 5.74) is 0.835. The van der Waals surface area contributed by atoms with Gasteiger partial charge in [0.1, 0.15) is 5.75 Å². The highest BCUT2D eigenvalue weighted by molar-refractivity contribution is 5.90. The van der Waals surface area contributed by atoms with Crippen LogP contribution in [0.5, 0.6) is 5.75 Å². The SMILES string of the molecule is CC(=O)N(C)c1ccc(OCCCO)cc1. The molecule has 0 aliphatic rings. The van der Waals surface area contributed by atoms with Gasteiger partial charge in [-0.15, -0.1) is 0 Å². The first-order chi connectivity index (χ1) is 7.65. The van der Waals surface area contributed by atoms with E-state index < -0.39 is 0 Å². The number of carbonyl (C=O) groups excluding carboxylic acids is 1. The molecule has 0 aromatic heterocycles. The molecule has 0 radical (unpaired) electrons. The van der Waals surface area contributed by atoms with Gasteiger partial charge in [0.15, 0.2) is 0 Å². The van der Waals surface area contributed by atoms with Crippen LogP contribution in [0.2, 0.25) is 0 Å². The molecule has 0 fully saturated rings. The van der Waals surface area contributed by atoms with Crippen molar-refractivity contribution in [1.82, 2.24) is 0 Å². The maximum absolute atomic E-state index is 11.1. The number of rotatable bonds is 5. The van der Waals surface area contributed by atoms with E-state index in [2.05, 4.69) is 0 Å². The first-order valence-electron chi connectivity index (χ1n) is 5.23. The maximum Gasteiger partial charge on any atom is 0.223 e. The number of amides is 1. The summed E-state index contributed by atoms with van der Waals surface area (Å²) in [6, 6.07) is 7.28. The second kappa shape index (κ2) is 6.12. The predicted octanol–water partition coefficient (Wildman–Crippen LogP) is 1.43. The van der Waals surface area contributed by atoms with Gasteiger partial charge in [0.2, 0.25) is 5.91 Å². The van der Waals surface area contributed by atoms with E-state index in [1.807, 2.05) is 24.3 Å². The Balaban J connectivity index is 2.57. The average Bonchev–Trinajstić information content (AvgIpc) is 2.29. The van der Waals surface area contributed by atoms with Gasteiger partial charge < -0.3 is 14.7 Å². The molecule has 16 heavy (non-hydrogen) atoms. The van der Waals surface area contributed by atoms with E-state index in [4.69, 9.17) is 9.84 Å². The van der Waals surface area contributed by atoms with E-state index in [1.165, 1.54) is 6.92 Å². The van der Waals surface area contributed by atoms with Gasteiger partial charge in [0.05, 0.1) is 6.61 Å². The van der Waals surface area contributed by atoms with Crippen molar-refractivity contribution in [1.29, 1.82) is 0 Å². The molecule has 0 aliphatic carbocycles. The lowest BCUT2D eigenvalue weighted by Gasteiger charge is -2.15. The Labute approximate surface area is 95.5 Å². The molecule has 0 aliphatic heterocycles. The van der Waals surface area contributed by atoms with Crippen LogP contribution >= 0.6 is 0 Å². The molecule has 1 aromatic rings. The van der Waals surface area contributed by atoms with Crippen LogP contribution in [0.25, 0.3) is 0 Å². The third-order valence-corrected chi connectivity index (χ3v) is 2.27. The largest absolute Gasteiger partial charge is 0.494 e. The number of ether oxygens (including phenoxy) is 1. The molecule has 1 N–H and O–H groups in total. The summed E-state index contributed by atoms with van der Waals surface area (Å²) in [6.07, 6.45) is 0.620. The second-order valence-corrected chi connectivity index (χ2v) is 3.50. The summed E-state index contributed by atoms with van der Waals surface area (Å²) in [5.74, 6) is 0.739. The number of hydrogen-bond donors (Lipinski definition) is 1. The second-order valence-electron chi connectivity index (χ2n) is 3.50. The molecule has 1 amide bonds. The Morgan fingerprint density at radius 2 is 2.00 bits per heavy atom. The molecular formula is C12H17NO3. The molecule has 0 spiro atoms. The number of nitrogens with zero attached hydrogens (tertiary/aromatic N) is 1. The number of aliphatic hydroxyl groups is 1. The van der Waals surface area contributed by atoms with Crippen LogP contribution < -0.4 is 9.64 Å². The van der Waals surface area contributed by atoms with Crippen LogP contribution in [0.1, 0.15) is 13.3 Å². The summed E-state index contributed by atoms with van der Waals surface area (Å²) < 4.78 is 5.38. The van der Waals surface area contributed by atoms with Gasteiger partial charge in [-0.25, -0.2) is 0 Å². The van der Waals surface area contributed by atoms with Gasteiger partial charge >= 0.3 is 0 Å². The van der Waals surface area contributed by atoms with Crippen LogP contribution in [0.3, 0.4) is 0 Å². The zero-order valence-corrected chi connectivity index (χ0v) is 9.64. The minimum absolute atomic E-state index is 0.00560. The number of carbonyl (C=O) groups is 1. The molecular weight excluding hydrogens is 206 g/mol. The summed E-state index contributed by atoms with van der Waals surface area (Å²) >= 11 is 0. The zero-order valence-electron chi connectivity index (χ0n) is 9.64. The van der Waals surface area contributed by atoms with Crippen molar-refractivity contribution in [3.8, 4) is 5.75 Å². The lowest BCUT2D eigenvalue weighted by Crippen LogP contribution is -2.22. The van der Waals surface area contributed by atoms with Crippen molar-refractivity contribution in [3.05, 3.63) is 24.3 Å². The fraction of sp³-hybridized carbons (Fsp3) is 0.417. The molecule has 4 nitrogen and oxygen atoms in total. The quantitative estimate of drug-likeness (QED) is 0.768. The van der Waals surface area contributed by atoms with Gasteiger partial charge in [-0.3, -0.25) is 4.79 Å². The van der Waals surface area contributed by atoms with Crippen molar-refractivity contribution in [2.75, 3.05) is 25.2 Å². The topological polar surface area (TPSA) is 49.8 Å². The number of anilines is 1. The lowest BCUT2D eigenvalue weighted by atomic mass is 10.3. The molecule has 4 heteroatoms. The zero-order chi connectivity index (χ0) is 12.0. The number of aliphatic hydroxyl groups excluding tert-OH is 1. The third-order valence-electron chi connectivity index (χ3n) is 2.27. The molecule has 0 saturated carbocycles. The third kappa shape index (κ3) is 3.55. The van der Waals surface area contributed by atoms with Gasteiger partial charge in [-0.05, 0) is 24.3 Å². The minimum Gasteiger partial charge on any atom is -0.494 e. The van der Waals surface area contributed by atoms with Crippen LogP contribution in [-0.2, 0) is 4.79 Å². The summed E-state index contributed by atoms with van der Waals surface area (Å²) in [6.45, 7) is 2.15. The summed E-state index contributed by atoms with van der Waals surface area (Å²) in [4.78, 5) is 12.7. The number of hydrogen-bond acceptors (Lipinski definition) is 3. The fourth-order valence-corrected chi connectivity index (χ4v) is 1.20. The fourth-order valence-electron chi connectivity index (χ4n) is 1.20. The Kier molecular flexibility index (Phi) is 4.79. The van der Waals surface area contributed by atoms with E-state index >= 15 is 0 Å². The standard InChI is InChI=1S/C12H17NO3/c1-10(15)13(2)11-4-6-12(7-5-11)16-9-3-8-14/h4-7,14H,3,8-9H2,1-2H3. The van der Waals surface area contributed by atoms with Gasteiger partial charge in [0, 0.05) is 32.7 Å². The molecule has 1 aromatic carbocycles. The predicted molar refractivity (Wildman–Crippen MR) is 62.7 cm³/mol. The van der Waals surface area contributed by atoms with Crippen LogP contribution in [0.15, 0.2) is 24.3 Å². The molecule has 88 valence electrons. The van der Waals surface area contributed by atoms with Crippen molar-refractivity contribution < 1.29 is 14.6 Å². The van der Waals surface area contributed by atoms with Crippen LogP contribution in [-0.4, -0.2) is 31.3 Å². The summed E-state index contributed by atoms with van der Waals surface area (Å²) in [7, 11) is 1.73. The van der Waals surface area contributed by atoms with E-state index in [-0.39, 0.29) is 12.5 Å². The first-order valence-corrected chi connectivity index (χ1v) is 5.23. The molecule has 0 heterocycles. The highest BCUT2D eigenvalue weighted by Gasteiger charge is 2.04. The molecule has 0 unspecified atom stereocenters. The van der Waals surface area contributed by atoms with Crippen LogP contribution in [0, 0.1) is 0 Å². The smallest absolute Gasteiger partial charge is 0.223 e. The van der Waals surface area contributed by atoms with Crippen molar-refractivity contribution >= 4 is 11.6 Å². The minimum atomic E-state index is -0.00560. The van der Waals surface area contributed by atoms with E-state index in [1.54, 1.807) is 11.9 Å². The van der Waals surface area contributed by atoms with Gasteiger partial charge in [0.25, 0.3) is 0 Å². The normalized spacial score (nSPS) is 9.94. The monoisotopic (exact) mass is 223 g/mol. The van der Waals surface area contributed by atoms with Crippen molar-refractivity contribution in [3.63, 3.8) is 0 Å². The average molecular weight is 223 g/mol. The Morgan fingerprint density at radius 3 is 2.50 bits per heavy atom. The lowest BCUT2D eigenvalue weighted by molar-refractivity contribution is -0.116. The Bertz CT molecular complexity index is 335. The highest BCUT2D eigenvalue weighted by Crippen LogP contribution is 2.18. The van der Waals surface area contributed by atoms with Crippen molar-refractivity contribution in [2.45, 2.75) is 13.3 Å². The van der Waals surface area contributed by atoms with Crippen molar-refractivity contribution in [2.24, 2.45) is 0 Å². The highest BCUT2D eigenvalue weighted by atomic mass is 16.5. The van der Waals surface area contributed by atoms with E-state index in [0.717, 1.165) is 11.4 Å². The molecule has 0 bridgehead atoms. The molecule has 1 rings (SSSR count). The summed E-state index contributed by atoms with van der Waals surface area (Å²) in [5, 5.41) is 8.60. The Morgan fingerprint density at radius 1 is 1.38 bits per heavy atom. The number of benzene rings is 1. The molecule has 0 saturated heterocycles. The maximum atomic E-state index is 11.1. The van der Waals surface area contributed by atoms with Crippen LogP contribution in [0.4, 0.5) is 5.69 Å². The van der Waals surface area contributed by atoms with E-state index in [0.29, 0.717) is 13.0 Å².